The topological polar surface area (TPSA) is 237 Å². The highest BCUT2D eigenvalue weighted by Crippen LogP contribution is 2.45. The number of aliphatic hydroxyl groups is 1. The van der Waals surface area contributed by atoms with Gasteiger partial charge in [-0.05, 0) is 49.4 Å². The number of phosphoric ester groups is 2. The van der Waals surface area contributed by atoms with E-state index in [2.05, 4.69) is 55.4 Å². The number of esters is 4. The van der Waals surface area contributed by atoms with Crippen LogP contribution in [0.3, 0.4) is 0 Å². The summed E-state index contributed by atoms with van der Waals surface area (Å²) in [6.45, 7) is 14.2. The van der Waals surface area contributed by atoms with E-state index in [1.807, 2.05) is 0 Å². The maximum Gasteiger partial charge on any atom is 0.472 e. The van der Waals surface area contributed by atoms with Gasteiger partial charge in [0.05, 0.1) is 26.4 Å². The standard InChI is InChI=1S/C81H158O17P2/c1-9-74(8)60-52-44-36-27-23-19-16-17-21-25-29-39-48-56-64-81(86)98-77(68-92-79(84)62-54-46-40-32-35-43-51-59-73(6)7)70-96-100(89,90)94-66-75(82)65-93-99(87,88)95-69-76(67-91-78(83)61-53-45-37-31-30-34-42-50-58-72(4)5)97-80(85)63-55-47-38-28-24-20-15-13-11-10-12-14-18-22-26-33-41-49-57-71(2)3/h71-77,82H,9-70H2,1-8H3,(H,87,88)(H,89,90)/t74?,75?,76-,77-/m1/s1. The quantitative estimate of drug-likeness (QED) is 0.0222. The Kier molecular flexibility index (Phi) is 68.7. The molecular formula is C81H158O17P2. The summed E-state index contributed by atoms with van der Waals surface area (Å²) in [7, 11) is -9.92. The van der Waals surface area contributed by atoms with Crippen molar-refractivity contribution in [3.8, 4) is 0 Å². The second kappa shape index (κ2) is 70.1. The highest BCUT2D eigenvalue weighted by molar-refractivity contribution is 7.47. The molecule has 19 heteroatoms. The van der Waals surface area contributed by atoms with Gasteiger partial charge < -0.3 is 33.8 Å². The molecule has 6 atom stereocenters. The van der Waals surface area contributed by atoms with Crippen molar-refractivity contribution >= 4 is 39.5 Å². The molecule has 0 aromatic carbocycles. The molecule has 100 heavy (non-hydrogen) atoms. The average Bonchev–Trinajstić information content (AvgIpc) is 0.928. The highest BCUT2D eigenvalue weighted by Gasteiger charge is 2.30. The van der Waals surface area contributed by atoms with Gasteiger partial charge in [0.1, 0.15) is 19.3 Å². The maximum absolute atomic E-state index is 13.1. The second-order valence-corrected chi connectivity index (χ2v) is 33.7. The molecule has 0 heterocycles. The number of hydrogen-bond acceptors (Lipinski definition) is 15. The van der Waals surface area contributed by atoms with Crippen molar-refractivity contribution in [1.82, 2.24) is 0 Å². The predicted molar refractivity (Wildman–Crippen MR) is 409 cm³/mol. The second-order valence-electron chi connectivity index (χ2n) is 30.8. The molecule has 594 valence electrons. The summed E-state index contributed by atoms with van der Waals surface area (Å²) < 4.78 is 68.7. The van der Waals surface area contributed by atoms with E-state index in [1.54, 1.807) is 0 Å². The van der Waals surface area contributed by atoms with E-state index in [0.717, 1.165) is 114 Å². The summed E-state index contributed by atoms with van der Waals surface area (Å²) in [6, 6.07) is 0. The Labute approximate surface area is 613 Å². The molecule has 0 amide bonds. The van der Waals surface area contributed by atoms with Crippen molar-refractivity contribution in [3.05, 3.63) is 0 Å². The van der Waals surface area contributed by atoms with Crippen LogP contribution in [0, 0.1) is 23.7 Å². The van der Waals surface area contributed by atoms with E-state index in [4.69, 9.17) is 37.0 Å². The first-order valence-electron chi connectivity index (χ1n) is 41.7. The average molecular weight is 1470 g/mol. The number of aliphatic hydroxyl groups excluding tert-OH is 1. The van der Waals surface area contributed by atoms with E-state index >= 15 is 0 Å². The summed E-state index contributed by atoms with van der Waals surface area (Å²) in [5.74, 6) is 0.981. The molecular weight excluding hydrogens is 1310 g/mol. The van der Waals surface area contributed by atoms with Gasteiger partial charge in [0, 0.05) is 25.7 Å². The minimum atomic E-state index is -4.96. The molecule has 0 aromatic rings. The predicted octanol–water partition coefficient (Wildman–Crippen LogP) is 24.0. The van der Waals surface area contributed by atoms with Crippen LogP contribution < -0.4 is 0 Å². The van der Waals surface area contributed by atoms with Crippen molar-refractivity contribution in [2.75, 3.05) is 39.6 Å². The first kappa shape index (κ1) is 98.1. The summed E-state index contributed by atoms with van der Waals surface area (Å²) in [5.41, 5.74) is 0. The number of ether oxygens (including phenoxy) is 4. The lowest BCUT2D eigenvalue weighted by molar-refractivity contribution is -0.161. The molecule has 0 rings (SSSR count). The molecule has 4 unspecified atom stereocenters. The van der Waals surface area contributed by atoms with E-state index in [9.17, 15) is 43.2 Å². The molecule has 0 fully saturated rings. The Hall–Kier alpha value is -1.94. The van der Waals surface area contributed by atoms with Gasteiger partial charge in [0.25, 0.3) is 0 Å². The van der Waals surface area contributed by atoms with Gasteiger partial charge in [-0.1, -0.05) is 364 Å². The van der Waals surface area contributed by atoms with Crippen LogP contribution in [-0.4, -0.2) is 96.7 Å². The Balaban J connectivity index is 5.19. The van der Waals surface area contributed by atoms with Crippen LogP contribution in [0.2, 0.25) is 0 Å². The monoisotopic (exact) mass is 1470 g/mol. The van der Waals surface area contributed by atoms with Crippen molar-refractivity contribution < 1.29 is 80.2 Å². The smallest absolute Gasteiger partial charge is 0.462 e. The third-order valence-electron chi connectivity index (χ3n) is 19.2. The van der Waals surface area contributed by atoms with E-state index in [1.165, 1.54) is 212 Å². The fourth-order valence-corrected chi connectivity index (χ4v) is 14.0. The molecule has 0 aromatic heterocycles. The zero-order valence-corrected chi connectivity index (χ0v) is 67.6. The molecule has 3 N–H and O–H groups in total. The molecule has 0 aliphatic heterocycles. The fourth-order valence-electron chi connectivity index (χ4n) is 12.4. The van der Waals surface area contributed by atoms with Gasteiger partial charge in [-0.2, -0.15) is 0 Å². The lowest BCUT2D eigenvalue weighted by Crippen LogP contribution is -2.30. The van der Waals surface area contributed by atoms with Crippen LogP contribution in [-0.2, 0) is 65.4 Å². The third-order valence-corrected chi connectivity index (χ3v) is 21.1. The molecule has 0 saturated carbocycles. The van der Waals surface area contributed by atoms with E-state index < -0.39 is 97.5 Å². The van der Waals surface area contributed by atoms with Gasteiger partial charge in [-0.3, -0.25) is 37.3 Å². The minimum absolute atomic E-state index is 0.106. The summed E-state index contributed by atoms with van der Waals surface area (Å²) in [6.07, 6.45) is 57.1. The van der Waals surface area contributed by atoms with Crippen molar-refractivity contribution in [2.24, 2.45) is 23.7 Å². The number of phosphoric acid groups is 2. The van der Waals surface area contributed by atoms with Crippen LogP contribution >= 0.6 is 15.6 Å². The first-order chi connectivity index (χ1) is 48.1. The van der Waals surface area contributed by atoms with Crippen molar-refractivity contribution in [3.63, 3.8) is 0 Å². The Morgan fingerprint density at radius 1 is 0.280 bits per heavy atom. The fraction of sp³-hybridized carbons (Fsp3) is 0.951. The molecule has 0 spiro atoms. The van der Waals surface area contributed by atoms with Crippen LogP contribution in [0.4, 0.5) is 0 Å². The number of carbonyl (C=O) groups excluding carboxylic acids is 4. The molecule has 0 bridgehead atoms. The molecule has 0 radical (unpaired) electrons. The van der Waals surface area contributed by atoms with Gasteiger partial charge in [0.2, 0.25) is 0 Å². The van der Waals surface area contributed by atoms with Crippen LogP contribution in [0.15, 0.2) is 0 Å². The largest absolute Gasteiger partial charge is 0.472 e. The number of hydrogen-bond donors (Lipinski definition) is 3. The molecule has 0 aliphatic rings. The zero-order valence-electron chi connectivity index (χ0n) is 65.8. The SMILES string of the molecule is CCC(C)CCCCCCCCCCCCCCCCC(=O)O[C@H](COC(=O)CCCCCCCCCC(C)C)COP(=O)(O)OCC(O)COP(=O)(O)OC[C@@H](COC(=O)CCCCCCCCCCC(C)C)OC(=O)CCCCCCCCCCCCCCCCCCCCC(C)C. The number of carbonyl (C=O) groups is 4. The number of unbranched alkanes of at least 4 members (excludes halogenated alkanes) is 43. The van der Waals surface area contributed by atoms with E-state index in [-0.39, 0.29) is 25.7 Å². The van der Waals surface area contributed by atoms with Crippen molar-refractivity contribution in [1.29, 1.82) is 0 Å². The van der Waals surface area contributed by atoms with E-state index in [0.29, 0.717) is 31.6 Å². The van der Waals surface area contributed by atoms with Gasteiger partial charge in [-0.25, -0.2) is 9.13 Å². The van der Waals surface area contributed by atoms with Gasteiger partial charge in [-0.15, -0.1) is 0 Å². The Morgan fingerprint density at radius 3 is 0.710 bits per heavy atom. The summed E-state index contributed by atoms with van der Waals surface area (Å²) >= 11 is 0. The summed E-state index contributed by atoms with van der Waals surface area (Å²) in [5, 5.41) is 10.6. The Morgan fingerprint density at radius 2 is 0.480 bits per heavy atom. The number of rotatable bonds is 78. The molecule has 0 aliphatic carbocycles. The van der Waals surface area contributed by atoms with Crippen LogP contribution in [0.25, 0.3) is 0 Å². The first-order valence-corrected chi connectivity index (χ1v) is 44.7. The summed E-state index contributed by atoms with van der Waals surface area (Å²) in [4.78, 5) is 73.0. The molecule has 0 saturated heterocycles. The molecule has 17 nitrogen and oxygen atoms in total. The minimum Gasteiger partial charge on any atom is -0.462 e. The normalized spacial score (nSPS) is 14.3. The van der Waals surface area contributed by atoms with Gasteiger partial charge in [0.15, 0.2) is 12.2 Å². The van der Waals surface area contributed by atoms with Crippen LogP contribution in [0.1, 0.15) is 415 Å². The van der Waals surface area contributed by atoms with Crippen molar-refractivity contribution in [2.45, 2.75) is 433 Å². The van der Waals surface area contributed by atoms with Crippen LogP contribution in [0.5, 0.6) is 0 Å². The Bertz CT molecular complexity index is 1960. The zero-order chi connectivity index (χ0) is 73.8. The lowest BCUT2D eigenvalue weighted by atomic mass is 9.99. The highest BCUT2D eigenvalue weighted by atomic mass is 31.2. The third kappa shape index (κ3) is 73.0. The maximum atomic E-state index is 13.1. The lowest BCUT2D eigenvalue weighted by Gasteiger charge is -2.21. The van der Waals surface area contributed by atoms with Gasteiger partial charge >= 0.3 is 39.5 Å².